The van der Waals surface area contributed by atoms with Crippen LogP contribution in [0.5, 0.6) is 0 Å². The van der Waals surface area contributed by atoms with Crippen LogP contribution in [0.25, 0.3) is 22.3 Å². The standard InChI is InChI=1S/C21H17BrN4S/c1-2-13-26-20(16-7-10-17(22)11-8-16)24-25-21(26)27-14-18-12-9-15-5-3-4-6-19(15)23-18/h2-12H,1,13-14H2. The van der Waals surface area contributed by atoms with E-state index in [1.165, 1.54) is 0 Å². The van der Waals surface area contributed by atoms with Gasteiger partial charge >= 0.3 is 0 Å². The van der Waals surface area contributed by atoms with E-state index in [0.29, 0.717) is 6.54 Å². The van der Waals surface area contributed by atoms with Crippen LogP contribution in [0.2, 0.25) is 0 Å². The van der Waals surface area contributed by atoms with Crippen LogP contribution in [-0.2, 0) is 12.3 Å². The third-order valence-corrected chi connectivity index (χ3v) is 5.67. The zero-order chi connectivity index (χ0) is 18.6. The van der Waals surface area contributed by atoms with Crippen molar-refractivity contribution in [1.82, 2.24) is 19.7 Å². The first-order valence-electron chi connectivity index (χ1n) is 8.52. The van der Waals surface area contributed by atoms with Gasteiger partial charge in [-0.3, -0.25) is 9.55 Å². The summed E-state index contributed by atoms with van der Waals surface area (Å²) in [7, 11) is 0. The average Bonchev–Trinajstić information content (AvgIpc) is 3.10. The highest BCUT2D eigenvalue weighted by molar-refractivity contribution is 9.10. The Morgan fingerprint density at radius 1 is 1.00 bits per heavy atom. The minimum atomic E-state index is 0.659. The lowest BCUT2D eigenvalue weighted by molar-refractivity contribution is 0.731. The van der Waals surface area contributed by atoms with E-state index in [1.807, 2.05) is 48.5 Å². The van der Waals surface area contributed by atoms with Crippen molar-refractivity contribution in [2.45, 2.75) is 17.5 Å². The largest absolute Gasteiger partial charge is 0.298 e. The van der Waals surface area contributed by atoms with Gasteiger partial charge in [0.05, 0.1) is 11.2 Å². The summed E-state index contributed by atoms with van der Waals surface area (Å²) in [5.74, 6) is 1.58. The van der Waals surface area contributed by atoms with Crippen LogP contribution in [0.4, 0.5) is 0 Å². The molecule has 2 heterocycles. The Morgan fingerprint density at radius 2 is 1.81 bits per heavy atom. The Labute approximate surface area is 170 Å². The van der Waals surface area contributed by atoms with Gasteiger partial charge in [0.2, 0.25) is 0 Å². The fourth-order valence-corrected chi connectivity index (χ4v) is 3.95. The van der Waals surface area contributed by atoms with E-state index in [2.05, 4.69) is 55.5 Å². The molecule has 0 aliphatic carbocycles. The second-order valence-corrected chi connectivity index (χ2v) is 7.85. The molecule has 0 bridgehead atoms. The molecule has 4 nitrogen and oxygen atoms in total. The lowest BCUT2D eigenvalue weighted by Crippen LogP contribution is -2.01. The van der Waals surface area contributed by atoms with Crippen molar-refractivity contribution >= 4 is 38.6 Å². The Bertz CT molecular complexity index is 1090. The van der Waals surface area contributed by atoms with Crippen LogP contribution in [-0.4, -0.2) is 19.7 Å². The molecule has 0 radical (unpaired) electrons. The maximum atomic E-state index is 4.74. The van der Waals surface area contributed by atoms with Crippen LogP contribution in [0.3, 0.4) is 0 Å². The minimum absolute atomic E-state index is 0.659. The zero-order valence-electron chi connectivity index (χ0n) is 14.5. The predicted molar refractivity (Wildman–Crippen MR) is 115 cm³/mol. The summed E-state index contributed by atoms with van der Waals surface area (Å²) in [5, 5.41) is 10.8. The molecule has 0 atom stereocenters. The number of benzene rings is 2. The first kappa shape index (κ1) is 17.9. The lowest BCUT2D eigenvalue weighted by atomic mass is 10.2. The van der Waals surface area contributed by atoms with Crippen molar-refractivity contribution in [2.75, 3.05) is 0 Å². The van der Waals surface area contributed by atoms with Gasteiger partial charge in [-0.2, -0.15) is 0 Å². The molecule has 4 aromatic rings. The van der Waals surface area contributed by atoms with Gasteiger partial charge < -0.3 is 0 Å². The fraction of sp³-hybridized carbons (Fsp3) is 0.0952. The second-order valence-electron chi connectivity index (χ2n) is 6.00. The fourth-order valence-electron chi connectivity index (χ4n) is 2.83. The van der Waals surface area contributed by atoms with E-state index in [-0.39, 0.29) is 0 Å². The normalized spacial score (nSPS) is 11.0. The number of aromatic nitrogens is 4. The van der Waals surface area contributed by atoms with Crippen LogP contribution in [0, 0.1) is 0 Å². The summed E-state index contributed by atoms with van der Waals surface area (Å²) >= 11 is 5.11. The summed E-state index contributed by atoms with van der Waals surface area (Å²) < 4.78 is 3.13. The highest BCUT2D eigenvalue weighted by Crippen LogP contribution is 2.27. The number of allylic oxidation sites excluding steroid dienone is 1. The smallest absolute Gasteiger partial charge is 0.192 e. The molecule has 27 heavy (non-hydrogen) atoms. The topological polar surface area (TPSA) is 43.6 Å². The number of nitrogens with zero attached hydrogens (tertiary/aromatic N) is 4. The Balaban J connectivity index is 1.59. The summed E-state index contributed by atoms with van der Waals surface area (Å²) in [6.07, 6.45) is 1.87. The third kappa shape index (κ3) is 3.96. The molecule has 0 aliphatic rings. The van der Waals surface area contributed by atoms with E-state index >= 15 is 0 Å². The maximum absolute atomic E-state index is 4.74. The van der Waals surface area contributed by atoms with Crippen molar-refractivity contribution in [2.24, 2.45) is 0 Å². The van der Waals surface area contributed by atoms with Crippen molar-refractivity contribution in [1.29, 1.82) is 0 Å². The van der Waals surface area contributed by atoms with Gasteiger partial charge in [0, 0.05) is 27.7 Å². The molecular formula is C21H17BrN4S. The van der Waals surface area contributed by atoms with Crippen LogP contribution in [0.1, 0.15) is 5.69 Å². The monoisotopic (exact) mass is 436 g/mol. The number of rotatable bonds is 6. The van der Waals surface area contributed by atoms with E-state index in [1.54, 1.807) is 11.8 Å². The quantitative estimate of drug-likeness (QED) is 0.285. The van der Waals surface area contributed by atoms with E-state index in [4.69, 9.17) is 4.98 Å². The zero-order valence-corrected chi connectivity index (χ0v) is 16.9. The molecule has 0 fully saturated rings. The number of fused-ring (bicyclic) bond motifs is 1. The number of pyridine rings is 1. The summed E-state index contributed by atoms with van der Waals surface area (Å²) in [4.78, 5) is 4.74. The average molecular weight is 437 g/mol. The highest BCUT2D eigenvalue weighted by Gasteiger charge is 2.14. The molecule has 0 saturated heterocycles. The number of thioether (sulfide) groups is 1. The van der Waals surface area contributed by atoms with Crippen LogP contribution >= 0.6 is 27.7 Å². The first-order valence-corrected chi connectivity index (χ1v) is 10.3. The summed E-state index contributed by atoms with van der Waals surface area (Å²) in [6.45, 7) is 4.53. The molecule has 2 aromatic heterocycles. The van der Waals surface area contributed by atoms with Crippen LogP contribution < -0.4 is 0 Å². The molecule has 134 valence electrons. The van der Waals surface area contributed by atoms with Gasteiger partial charge in [-0.1, -0.05) is 70.2 Å². The first-order chi connectivity index (χ1) is 13.2. The molecule has 0 saturated carbocycles. The van der Waals surface area contributed by atoms with E-state index in [9.17, 15) is 0 Å². The molecule has 0 amide bonds. The lowest BCUT2D eigenvalue weighted by Gasteiger charge is -2.08. The Morgan fingerprint density at radius 3 is 2.63 bits per heavy atom. The van der Waals surface area contributed by atoms with Crippen molar-refractivity contribution in [3.8, 4) is 11.4 Å². The predicted octanol–water partition coefficient (Wildman–Crippen LogP) is 5.73. The van der Waals surface area contributed by atoms with Crippen molar-refractivity contribution in [3.63, 3.8) is 0 Å². The van der Waals surface area contributed by atoms with Gasteiger partial charge in [-0.05, 0) is 24.3 Å². The van der Waals surface area contributed by atoms with Gasteiger partial charge in [0.25, 0.3) is 0 Å². The molecule has 0 N–H and O–H groups in total. The van der Waals surface area contributed by atoms with Gasteiger partial charge in [0.1, 0.15) is 0 Å². The molecule has 0 spiro atoms. The van der Waals surface area contributed by atoms with Gasteiger partial charge in [0.15, 0.2) is 11.0 Å². The molecule has 0 unspecified atom stereocenters. The number of hydrogen-bond donors (Lipinski definition) is 0. The Kier molecular flexibility index (Phi) is 5.36. The molecular weight excluding hydrogens is 420 g/mol. The number of hydrogen-bond acceptors (Lipinski definition) is 4. The van der Waals surface area contributed by atoms with E-state index in [0.717, 1.165) is 43.4 Å². The Hall–Kier alpha value is -2.44. The molecule has 2 aromatic carbocycles. The molecule has 6 heteroatoms. The summed E-state index contributed by atoms with van der Waals surface area (Å²) in [6, 6.07) is 20.4. The molecule has 4 rings (SSSR count). The van der Waals surface area contributed by atoms with Crippen molar-refractivity contribution in [3.05, 3.63) is 83.5 Å². The van der Waals surface area contributed by atoms with Crippen LogP contribution in [0.15, 0.2) is 82.9 Å². The highest BCUT2D eigenvalue weighted by atomic mass is 79.9. The number of halogens is 1. The second kappa shape index (κ2) is 8.06. The van der Waals surface area contributed by atoms with Gasteiger partial charge in [-0.15, -0.1) is 16.8 Å². The van der Waals surface area contributed by atoms with Crippen molar-refractivity contribution < 1.29 is 0 Å². The summed E-state index contributed by atoms with van der Waals surface area (Å²) in [5.41, 5.74) is 3.07. The number of para-hydroxylation sites is 1. The van der Waals surface area contributed by atoms with E-state index < -0.39 is 0 Å². The minimum Gasteiger partial charge on any atom is -0.298 e. The molecule has 0 aliphatic heterocycles. The maximum Gasteiger partial charge on any atom is 0.192 e. The van der Waals surface area contributed by atoms with Gasteiger partial charge in [-0.25, -0.2) is 0 Å². The SMILES string of the molecule is C=CCn1c(SCc2ccc3ccccc3n2)nnc1-c1ccc(Br)cc1. The third-order valence-electron chi connectivity index (χ3n) is 4.14.